The van der Waals surface area contributed by atoms with E-state index in [2.05, 4.69) is 0 Å². The molecule has 0 unspecified atom stereocenters. The van der Waals surface area contributed by atoms with Gasteiger partial charge in [0.15, 0.2) is 0 Å². The first kappa shape index (κ1) is 13.8. The maximum absolute atomic E-state index is 11.4. The number of hydrogen-bond acceptors (Lipinski definition) is 4. The number of nitrogens with zero attached hydrogens (tertiary/aromatic N) is 1. The number of carbonyl (C=O) groups excluding carboxylic acids is 1. The highest BCUT2D eigenvalue weighted by atomic mass is 35.5. The van der Waals surface area contributed by atoms with E-state index in [1.54, 1.807) is 31.2 Å². The molecule has 5 heteroatoms. The van der Waals surface area contributed by atoms with Crippen LogP contribution in [0.25, 0.3) is 0 Å². The zero-order valence-corrected chi connectivity index (χ0v) is 10.5. The Hall–Kier alpha value is -1.26. The molecule has 1 N–H and O–H groups in total. The van der Waals surface area contributed by atoms with Crippen LogP contribution >= 0.6 is 11.8 Å². The monoisotopic (exact) mass is 257 g/mol. The summed E-state index contributed by atoms with van der Waals surface area (Å²) >= 11 is 5.98. The highest BCUT2D eigenvalue weighted by Crippen LogP contribution is 2.18. The van der Waals surface area contributed by atoms with Crippen LogP contribution in [0.15, 0.2) is 24.3 Å². The van der Waals surface area contributed by atoms with Crippen molar-refractivity contribution in [2.45, 2.75) is 13.3 Å². The van der Waals surface area contributed by atoms with Crippen LogP contribution in [0.4, 0.5) is 5.69 Å². The molecule has 1 aromatic rings. The lowest BCUT2D eigenvalue weighted by Crippen LogP contribution is -2.13. The van der Waals surface area contributed by atoms with Crippen LogP contribution in [0.2, 0.25) is 0 Å². The molecule has 0 aliphatic heterocycles. The third-order valence-corrected chi connectivity index (χ3v) is 2.54. The lowest BCUT2D eigenvalue weighted by atomic mass is 10.2. The van der Waals surface area contributed by atoms with Crippen molar-refractivity contribution in [2.75, 3.05) is 24.2 Å². The van der Waals surface area contributed by atoms with Crippen LogP contribution in [-0.4, -0.2) is 30.8 Å². The van der Waals surface area contributed by atoms with E-state index in [0.29, 0.717) is 25.1 Å². The van der Waals surface area contributed by atoms with E-state index in [-0.39, 0.29) is 12.6 Å². The van der Waals surface area contributed by atoms with Gasteiger partial charge < -0.3 is 9.84 Å². The predicted octanol–water partition coefficient (Wildman–Crippen LogP) is 2.21. The molecule has 0 heterocycles. The molecule has 0 saturated carbocycles. The lowest BCUT2D eigenvalue weighted by Gasteiger charge is -2.15. The minimum absolute atomic E-state index is 0.101. The predicted molar refractivity (Wildman–Crippen MR) is 67.3 cm³/mol. The van der Waals surface area contributed by atoms with Gasteiger partial charge in [0, 0.05) is 24.9 Å². The van der Waals surface area contributed by atoms with Gasteiger partial charge in [-0.2, -0.15) is 0 Å². The third-order valence-electron chi connectivity index (χ3n) is 2.17. The number of benzene rings is 1. The van der Waals surface area contributed by atoms with E-state index in [1.165, 1.54) is 4.42 Å². The van der Waals surface area contributed by atoms with E-state index in [9.17, 15) is 4.79 Å². The molecule has 17 heavy (non-hydrogen) atoms. The first-order valence-corrected chi connectivity index (χ1v) is 5.84. The van der Waals surface area contributed by atoms with Crippen LogP contribution in [-0.2, 0) is 4.74 Å². The molecule has 0 radical (unpaired) electrons. The maximum Gasteiger partial charge on any atom is 0.338 e. The molecule has 0 amide bonds. The number of aliphatic hydroxyl groups is 1. The topological polar surface area (TPSA) is 49.8 Å². The van der Waals surface area contributed by atoms with Gasteiger partial charge in [-0.1, -0.05) is 0 Å². The summed E-state index contributed by atoms with van der Waals surface area (Å²) in [6, 6.07) is 6.83. The Morgan fingerprint density at radius 2 is 2.06 bits per heavy atom. The molecule has 0 fully saturated rings. The molecule has 4 nitrogen and oxygen atoms in total. The first-order valence-electron chi connectivity index (χ1n) is 5.50. The lowest BCUT2D eigenvalue weighted by molar-refractivity contribution is 0.0526. The van der Waals surface area contributed by atoms with Crippen molar-refractivity contribution in [1.82, 2.24) is 0 Å². The maximum atomic E-state index is 11.4. The molecule has 0 aromatic heterocycles. The molecule has 94 valence electrons. The van der Waals surface area contributed by atoms with Gasteiger partial charge in [-0.3, -0.25) is 4.42 Å². The van der Waals surface area contributed by atoms with Crippen LogP contribution < -0.4 is 4.42 Å². The molecule has 0 saturated heterocycles. The van der Waals surface area contributed by atoms with Crippen molar-refractivity contribution in [2.24, 2.45) is 0 Å². The normalized spacial score (nSPS) is 10.1. The smallest absolute Gasteiger partial charge is 0.338 e. The number of rotatable bonds is 6. The summed E-state index contributed by atoms with van der Waals surface area (Å²) < 4.78 is 6.38. The summed E-state index contributed by atoms with van der Waals surface area (Å²) in [6.07, 6.45) is 0.600. The van der Waals surface area contributed by atoms with Crippen molar-refractivity contribution < 1.29 is 14.6 Å². The zero-order valence-electron chi connectivity index (χ0n) is 9.73. The Morgan fingerprint density at radius 3 is 2.59 bits per heavy atom. The fourth-order valence-corrected chi connectivity index (χ4v) is 1.54. The van der Waals surface area contributed by atoms with Gasteiger partial charge in [0.25, 0.3) is 0 Å². The van der Waals surface area contributed by atoms with Crippen LogP contribution in [0.3, 0.4) is 0 Å². The second-order valence-electron chi connectivity index (χ2n) is 3.43. The number of halogens is 1. The van der Waals surface area contributed by atoms with Crippen molar-refractivity contribution in [3.63, 3.8) is 0 Å². The average Bonchev–Trinajstić information content (AvgIpc) is 2.36. The first-order chi connectivity index (χ1) is 8.19. The van der Waals surface area contributed by atoms with Crippen LogP contribution in [0.5, 0.6) is 0 Å². The van der Waals surface area contributed by atoms with E-state index >= 15 is 0 Å². The quantitative estimate of drug-likeness (QED) is 0.627. The highest BCUT2D eigenvalue weighted by Gasteiger charge is 2.07. The van der Waals surface area contributed by atoms with Crippen molar-refractivity contribution in [3.05, 3.63) is 29.8 Å². The van der Waals surface area contributed by atoms with Crippen LogP contribution in [0.1, 0.15) is 23.7 Å². The summed E-state index contributed by atoms with van der Waals surface area (Å²) in [4.78, 5) is 11.4. The summed E-state index contributed by atoms with van der Waals surface area (Å²) in [6.45, 7) is 2.78. The minimum Gasteiger partial charge on any atom is -0.462 e. The number of aliphatic hydroxyl groups excluding tert-OH is 1. The molecular formula is C12H16ClNO3. The van der Waals surface area contributed by atoms with E-state index < -0.39 is 0 Å². The zero-order chi connectivity index (χ0) is 12.7. The van der Waals surface area contributed by atoms with Crippen molar-refractivity contribution in [3.8, 4) is 0 Å². The molecule has 1 rings (SSSR count). The summed E-state index contributed by atoms with van der Waals surface area (Å²) in [5.74, 6) is -0.337. The van der Waals surface area contributed by atoms with Gasteiger partial charge in [0.2, 0.25) is 0 Å². The summed E-state index contributed by atoms with van der Waals surface area (Å²) in [5, 5.41) is 8.69. The second-order valence-corrected chi connectivity index (χ2v) is 3.84. The summed E-state index contributed by atoms with van der Waals surface area (Å²) in [5.41, 5.74) is 1.29. The number of ether oxygens (including phenoxy) is 1. The molecule has 0 aliphatic rings. The van der Waals surface area contributed by atoms with Gasteiger partial charge >= 0.3 is 5.97 Å². The van der Waals surface area contributed by atoms with Gasteiger partial charge in [0.1, 0.15) is 0 Å². The Bertz CT molecular complexity index is 353. The largest absolute Gasteiger partial charge is 0.462 e. The Labute approximate surface area is 106 Å². The highest BCUT2D eigenvalue weighted by molar-refractivity contribution is 6.25. The molecule has 0 bridgehead atoms. The fraction of sp³-hybridized carbons (Fsp3) is 0.417. The van der Waals surface area contributed by atoms with Gasteiger partial charge in [0.05, 0.1) is 17.9 Å². The van der Waals surface area contributed by atoms with Crippen LogP contribution in [0, 0.1) is 0 Å². The molecule has 1 aromatic carbocycles. The van der Waals surface area contributed by atoms with E-state index in [1.807, 2.05) is 0 Å². The Balaban J connectivity index is 2.64. The summed E-state index contributed by atoms with van der Waals surface area (Å²) in [7, 11) is 0. The molecular weight excluding hydrogens is 242 g/mol. The number of esters is 1. The number of carbonyl (C=O) groups is 1. The Morgan fingerprint density at radius 1 is 1.41 bits per heavy atom. The molecule has 0 spiro atoms. The fourth-order valence-electron chi connectivity index (χ4n) is 1.31. The molecule has 0 aliphatic carbocycles. The Kier molecular flexibility index (Phi) is 5.80. The molecule has 0 atom stereocenters. The van der Waals surface area contributed by atoms with Gasteiger partial charge in [-0.25, -0.2) is 4.79 Å². The number of hydrogen-bond donors (Lipinski definition) is 1. The minimum atomic E-state index is -0.337. The SMILES string of the molecule is CCOC(=O)c1ccc(N(Cl)CCCO)cc1. The number of anilines is 1. The average molecular weight is 258 g/mol. The second kappa shape index (κ2) is 7.14. The van der Waals surface area contributed by atoms with Gasteiger partial charge in [-0.15, -0.1) is 0 Å². The third kappa shape index (κ3) is 4.24. The van der Waals surface area contributed by atoms with Crippen molar-refractivity contribution in [1.29, 1.82) is 0 Å². The van der Waals surface area contributed by atoms with E-state index in [4.69, 9.17) is 21.6 Å². The van der Waals surface area contributed by atoms with Gasteiger partial charge in [-0.05, 0) is 37.6 Å². The van der Waals surface area contributed by atoms with E-state index in [0.717, 1.165) is 5.69 Å². The van der Waals surface area contributed by atoms with Crippen molar-refractivity contribution >= 4 is 23.4 Å². The standard InChI is InChI=1S/C12H16ClNO3/c1-2-17-12(16)10-4-6-11(7-5-10)14(13)8-3-9-15/h4-7,15H,2-3,8-9H2,1H3.